The molecule has 0 saturated carbocycles. The third-order valence-electron chi connectivity index (χ3n) is 16.0. The van der Waals surface area contributed by atoms with Gasteiger partial charge in [0.1, 0.15) is 74.9 Å². The van der Waals surface area contributed by atoms with Crippen LogP contribution >= 0.6 is 8.17 Å². The van der Waals surface area contributed by atoms with Crippen LogP contribution in [0.4, 0.5) is 0 Å². The van der Waals surface area contributed by atoms with Crippen LogP contribution < -0.4 is 25.9 Å². The Labute approximate surface area is 520 Å². The Morgan fingerprint density at radius 3 is 1.23 bits per heavy atom. The van der Waals surface area contributed by atoms with Gasteiger partial charge in [0.2, 0.25) is 18.1 Å². The Kier molecular flexibility index (Phi) is 24.7. The zero-order valence-electron chi connectivity index (χ0n) is 52.0. The first kappa shape index (κ1) is 67.8. The molecule has 2 saturated heterocycles. The van der Waals surface area contributed by atoms with Crippen LogP contribution in [0.5, 0.6) is 0 Å². The van der Waals surface area contributed by atoms with Gasteiger partial charge in [0.25, 0.3) is 8.32 Å². The number of carbonyl (C=O) groups is 3. The number of hydroxylamine groups is 3. The summed E-state index contributed by atoms with van der Waals surface area (Å²) in [4.78, 5) is 56.4. The van der Waals surface area contributed by atoms with Crippen molar-refractivity contribution in [3.63, 3.8) is 0 Å². The number of phosphoric acid groups is 1. The first-order valence-corrected chi connectivity index (χ1v) is 33.7. The van der Waals surface area contributed by atoms with E-state index in [9.17, 15) is 14.4 Å². The van der Waals surface area contributed by atoms with Gasteiger partial charge in [-0.25, -0.2) is 0 Å². The van der Waals surface area contributed by atoms with Gasteiger partial charge in [0.05, 0.1) is 40.0 Å². The highest BCUT2D eigenvalue weighted by molar-refractivity contribution is 7.53. The van der Waals surface area contributed by atoms with Crippen LogP contribution in [0.1, 0.15) is 84.6 Å². The largest absolute Gasteiger partial charge is 0.601 e. The molecule has 8 rings (SSSR count). The molecule has 11 atom stereocenters. The fraction of sp³-hybridized carbons (Fsp3) is 0.426. The summed E-state index contributed by atoms with van der Waals surface area (Å²) < 4.78 is 75.1. The number of amides is 2. The molecule has 0 spiro atoms. The number of benzene rings is 6. The van der Waals surface area contributed by atoms with E-state index in [1.54, 1.807) is 0 Å². The van der Waals surface area contributed by atoms with Gasteiger partial charge < -0.3 is 48.4 Å². The summed E-state index contributed by atoms with van der Waals surface area (Å²) in [7, 11) is -8.37. The molecule has 2 aliphatic heterocycles. The third-order valence-corrected chi connectivity index (χ3v) is 22.5. The van der Waals surface area contributed by atoms with Crippen molar-refractivity contribution in [1.29, 1.82) is 0 Å². The minimum Gasteiger partial charge on any atom is -0.601 e. The van der Waals surface area contributed by atoms with E-state index in [0.29, 0.717) is 19.6 Å². The van der Waals surface area contributed by atoms with Crippen LogP contribution in [0.25, 0.3) is 0 Å². The van der Waals surface area contributed by atoms with Gasteiger partial charge in [-0.15, -0.1) is 9.17 Å². The topological polar surface area (TPSA) is 203 Å². The fourth-order valence-corrected chi connectivity index (χ4v) is 17.7. The molecular formula is C68H87N3O15PSi+2. The Morgan fingerprint density at radius 1 is 0.534 bits per heavy atom. The van der Waals surface area contributed by atoms with Crippen molar-refractivity contribution >= 4 is 44.6 Å². The molecule has 471 valence electrons. The monoisotopic (exact) mass is 1240 g/mol. The molecule has 2 aliphatic rings. The maximum atomic E-state index is 16.6. The molecule has 1 unspecified atom stereocenters. The van der Waals surface area contributed by atoms with E-state index >= 15 is 4.89 Å². The molecule has 0 bridgehead atoms. The van der Waals surface area contributed by atoms with E-state index in [4.69, 9.17) is 51.3 Å². The molecule has 18 nitrogen and oxygen atoms in total. The number of ether oxygens (including phenoxy) is 7. The number of phosphoric ester groups is 1. The predicted molar refractivity (Wildman–Crippen MR) is 335 cm³/mol. The van der Waals surface area contributed by atoms with E-state index in [2.05, 4.69) is 55.7 Å². The van der Waals surface area contributed by atoms with Crippen LogP contribution in [0, 0.1) is 0 Å². The summed E-state index contributed by atoms with van der Waals surface area (Å²) in [6.07, 6.45) is -9.64. The number of quaternary nitrogens is 1. The first-order chi connectivity index (χ1) is 42.4. The third kappa shape index (κ3) is 17.9. The van der Waals surface area contributed by atoms with Crippen molar-refractivity contribution in [2.45, 2.75) is 155 Å². The van der Waals surface area contributed by atoms with Crippen LogP contribution in [0.2, 0.25) is 5.04 Å². The second-order valence-electron chi connectivity index (χ2n) is 23.1. The highest BCUT2D eigenvalue weighted by Gasteiger charge is 2.59. The normalized spacial score (nSPS) is 23.1. The lowest BCUT2D eigenvalue weighted by Gasteiger charge is -2.48. The van der Waals surface area contributed by atoms with Gasteiger partial charge in [0, 0.05) is 23.3 Å². The standard InChI is InChI=1S/C68H86N3O15PSi/c1-10-71(11-2,12-3)86-87(75,80-47-58-62(76-43-52-31-19-13-20-32-52)64(78-45-54-35-23-15-24-36-54)60(69-49(4)72)66(83-58)82-51(6)74)85-67-61(70-50(5)73)65(79-46-55-37-25-16-26-38-55)63(77-44-53-33-21-14-22-34-53)59(84-67)48-81-88(68(7,8)9,56-39-27-17-28-40-56)57-41-29-18-30-42-57/h13-42,58-67H,10-12,43-48H2,1-9H3,(H-,69,70,72,73)/q+1/p+1/t58-,59-,60+,61+,62-,63-,64-,65-,66+,67-,87?/m1/s1. The number of hydrogen-bond donors (Lipinski definition) is 2. The molecule has 6 aromatic rings. The summed E-state index contributed by atoms with van der Waals surface area (Å²) in [5.41, 5.74) is 3.31. The fourth-order valence-electron chi connectivity index (χ4n) is 11.5. The minimum atomic E-state index is -5.05. The summed E-state index contributed by atoms with van der Waals surface area (Å²) in [6, 6.07) is 56.2. The molecular weight excluding hydrogens is 1160 g/mol. The lowest BCUT2D eigenvalue weighted by Crippen LogP contribution is -2.69. The Hall–Kier alpha value is -6.10. The van der Waals surface area contributed by atoms with E-state index < -0.39 is 107 Å². The van der Waals surface area contributed by atoms with Gasteiger partial charge in [-0.05, 0) is 58.4 Å². The summed E-state index contributed by atoms with van der Waals surface area (Å²) in [5.74, 6) is -1.64. The molecule has 2 amide bonds. The Balaban J connectivity index is 1.24. The first-order valence-electron chi connectivity index (χ1n) is 30.3. The molecule has 2 N–H and O–H groups in total. The van der Waals surface area contributed by atoms with E-state index in [1.807, 2.05) is 178 Å². The zero-order chi connectivity index (χ0) is 62.7. The highest BCUT2D eigenvalue weighted by Crippen LogP contribution is 2.58. The van der Waals surface area contributed by atoms with Crippen molar-refractivity contribution in [2.24, 2.45) is 0 Å². The van der Waals surface area contributed by atoms with Crippen LogP contribution in [-0.4, -0.2) is 125 Å². The van der Waals surface area contributed by atoms with Gasteiger partial charge in [-0.2, -0.15) is 4.52 Å². The van der Waals surface area contributed by atoms with E-state index in [-0.39, 0.29) is 37.7 Å². The second kappa shape index (κ2) is 32.1. The molecule has 6 aromatic carbocycles. The Bertz CT molecular complexity index is 3020. The van der Waals surface area contributed by atoms with Crippen LogP contribution in [-0.2, 0) is 92.1 Å². The number of rotatable bonds is 30. The smallest absolute Gasteiger partial charge is 0.573 e. The number of hydrogen-bond acceptors (Lipinski definition) is 15. The molecule has 2 heterocycles. The SMILES string of the molecule is CC[N+](CC)(CC)O[P+]([O-])(OC[C@H]1O[C@H](OC(C)=[O+])[C@@H](NC(C)=O)[C@@H](OCc2ccccc2)[C@@H]1OCc1ccccc1)O[C@H]1O[C@H](CO[Si](c2ccccc2)(c2ccccc2)C(C)(C)C)[C@@H](OCc2ccccc2)[C@H](OCc2ccccc2)[C@@H]1NC(C)=O. The van der Waals surface area contributed by atoms with Crippen molar-refractivity contribution in [3.05, 3.63) is 204 Å². The van der Waals surface area contributed by atoms with Crippen LogP contribution in [0.3, 0.4) is 0 Å². The number of esters is 1. The van der Waals surface area contributed by atoms with Crippen molar-refractivity contribution in [2.75, 3.05) is 32.8 Å². The molecule has 20 heteroatoms. The zero-order valence-corrected chi connectivity index (χ0v) is 53.9. The summed E-state index contributed by atoms with van der Waals surface area (Å²) in [5, 5.41) is 7.53. The average molecular weight is 1250 g/mol. The lowest BCUT2D eigenvalue weighted by molar-refractivity contribution is -1.08. The number of nitrogens with zero attached hydrogens (tertiary/aromatic N) is 1. The molecule has 0 aromatic heterocycles. The molecule has 0 aliphatic carbocycles. The van der Waals surface area contributed by atoms with E-state index in [0.717, 1.165) is 32.6 Å². The number of nitrogens with one attached hydrogen (secondary N) is 2. The molecule has 88 heavy (non-hydrogen) atoms. The molecule has 2 fully saturated rings. The predicted octanol–water partition coefficient (Wildman–Crippen LogP) is 8.81. The lowest BCUT2D eigenvalue weighted by atomic mass is 9.96. The van der Waals surface area contributed by atoms with Gasteiger partial charge in [-0.3, -0.25) is 14.3 Å². The maximum Gasteiger partial charge on any atom is 0.573 e. The number of carbonyl (C=O) groups excluding carboxylic acids is 3. The van der Waals surface area contributed by atoms with Gasteiger partial charge >= 0.3 is 20.4 Å². The van der Waals surface area contributed by atoms with Gasteiger partial charge in [0.15, 0.2) is 0 Å². The van der Waals surface area contributed by atoms with Crippen molar-refractivity contribution in [3.8, 4) is 0 Å². The van der Waals surface area contributed by atoms with E-state index in [1.165, 1.54) is 20.8 Å². The maximum absolute atomic E-state index is 16.6. The van der Waals surface area contributed by atoms with Gasteiger partial charge in [-0.1, -0.05) is 203 Å². The highest BCUT2D eigenvalue weighted by atomic mass is 31.2. The quantitative estimate of drug-likeness (QED) is 0.0108. The molecule has 1 radical (unpaired) electrons. The summed E-state index contributed by atoms with van der Waals surface area (Å²) in [6.45, 7) is 16.7. The van der Waals surface area contributed by atoms with Crippen molar-refractivity contribution < 1.29 is 75.2 Å². The average Bonchev–Trinajstić information content (AvgIpc) is 0.923. The van der Waals surface area contributed by atoms with Crippen molar-refractivity contribution in [1.82, 2.24) is 10.6 Å². The second-order valence-corrected chi connectivity index (χ2v) is 28.9. The van der Waals surface area contributed by atoms with Crippen LogP contribution in [0.15, 0.2) is 182 Å². The summed E-state index contributed by atoms with van der Waals surface area (Å²) >= 11 is 0. The Morgan fingerprint density at radius 2 is 0.875 bits per heavy atom. The minimum absolute atomic E-state index is 0.0390.